The van der Waals surface area contributed by atoms with Crippen LogP contribution in [0.15, 0.2) is 0 Å². The second-order valence-corrected chi connectivity index (χ2v) is 4.47. The first-order valence-electron chi connectivity index (χ1n) is 5.53. The molecule has 0 amide bonds. The van der Waals surface area contributed by atoms with Crippen LogP contribution in [0.3, 0.4) is 0 Å². The predicted octanol–water partition coefficient (Wildman–Crippen LogP) is 1.77. The van der Waals surface area contributed by atoms with E-state index < -0.39 is 23.7 Å². The van der Waals surface area contributed by atoms with Crippen LogP contribution < -0.4 is 0 Å². The van der Waals surface area contributed by atoms with E-state index in [-0.39, 0.29) is 0 Å². The monoisotopic (exact) mass is 235 g/mol. The highest BCUT2D eigenvalue weighted by Crippen LogP contribution is 2.42. The lowest BCUT2D eigenvalue weighted by Crippen LogP contribution is -2.54. The molecule has 0 radical (unpaired) electrons. The van der Waals surface area contributed by atoms with Crippen molar-refractivity contribution in [3.8, 4) is 0 Å². The van der Waals surface area contributed by atoms with Gasteiger partial charge in [0.15, 0.2) is 0 Å². The van der Waals surface area contributed by atoms with Gasteiger partial charge in [-0.25, -0.2) is 8.78 Å². The van der Waals surface area contributed by atoms with Crippen molar-refractivity contribution < 1.29 is 18.3 Å². The SMILES string of the molecule is CC[C@@]1(C(=O)OC)CN(C)CC[C@@H]1C(F)F. The number of hydrogen-bond acceptors (Lipinski definition) is 3. The molecular formula is C11H19F2NO2. The molecule has 1 fully saturated rings. The molecule has 0 aromatic carbocycles. The van der Waals surface area contributed by atoms with Gasteiger partial charge < -0.3 is 9.64 Å². The summed E-state index contributed by atoms with van der Waals surface area (Å²) in [6.07, 6.45) is -1.73. The van der Waals surface area contributed by atoms with E-state index in [1.54, 1.807) is 6.92 Å². The van der Waals surface area contributed by atoms with Crippen LogP contribution in [0.5, 0.6) is 0 Å². The first-order valence-corrected chi connectivity index (χ1v) is 5.53. The number of alkyl halides is 2. The third kappa shape index (κ3) is 2.19. The van der Waals surface area contributed by atoms with Crippen molar-refractivity contribution in [2.24, 2.45) is 11.3 Å². The molecule has 16 heavy (non-hydrogen) atoms. The Kier molecular flexibility index (Phi) is 4.24. The highest BCUT2D eigenvalue weighted by molar-refractivity contribution is 5.77. The van der Waals surface area contributed by atoms with Gasteiger partial charge in [0.1, 0.15) is 0 Å². The van der Waals surface area contributed by atoms with Crippen LogP contribution in [0.25, 0.3) is 0 Å². The molecule has 1 rings (SSSR count). The van der Waals surface area contributed by atoms with Crippen LogP contribution in [-0.4, -0.2) is 44.5 Å². The summed E-state index contributed by atoms with van der Waals surface area (Å²) in [5.74, 6) is -1.40. The zero-order valence-corrected chi connectivity index (χ0v) is 10.0. The Labute approximate surface area is 94.7 Å². The van der Waals surface area contributed by atoms with Gasteiger partial charge in [-0.05, 0) is 26.4 Å². The van der Waals surface area contributed by atoms with Crippen LogP contribution in [0.1, 0.15) is 19.8 Å². The number of halogens is 2. The molecule has 1 aliphatic heterocycles. The molecular weight excluding hydrogens is 216 g/mol. The Hall–Kier alpha value is -0.710. The normalized spacial score (nSPS) is 31.8. The standard InChI is InChI=1S/C11H19F2NO2/c1-4-11(10(15)16-3)7-14(2)6-5-8(11)9(12)13/h8-9H,4-7H2,1-3H3/t8-,11-/m1/s1. The maximum Gasteiger partial charge on any atom is 0.313 e. The maximum absolute atomic E-state index is 13.0. The van der Waals surface area contributed by atoms with Crippen LogP contribution in [-0.2, 0) is 9.53 Å². The van der Waals surface area contributed by atoms with Crippen LogP contribution >= 0.6 is 0 Å². The third-order valence-corrected chi connectivity index (χ3v) is 3.61. The molecule has 0 aliphatic carbocycles. The molecule has 0 unspecified atom stereocenters. The molecule has 1 heterocycles. The van der Waals surface area contributed by atoms with Crippen molar-refractivity contribution in [1.29, 1.82) is 0 Å². The average molecular weight is 235 g/mol. The van der Waals surface area contributed by atoms with Gasteiger partial charge in [0.25, 0.3) is 0 Å². The summed E-state index contributed by atoms with van der Waals surface area (Å²) >= 11 is 0. The van der Waals surface area contributed by atoms with E-state index in [4.69, 9.17) is 4.74 Å². The zero-order valence-electron chi connectivity index (χ0n) is 10.0. The van der Waals surface area contributed by atoms with E-state index in [1.807, 2.05) is 11.9 Å². The molecule has 94 valence electrons. The number of esters is 1. The fourth-order valence-electron chi connectivity index (χ4n) is 2.62. The van der Waals surface area contributed by atoms with Gasteiger partial charge in [0, 0.05) is 12.5 Å². The van der Waals surface area contributed by atoms with E-state index in [0.29, 0.717) is 25.9 Å². The average Bonchev–Trinajstić information content (AvgIpc) is 2.26. The summed E-state index contributed by atoms with van der Waals surface area (Å²) in [6.45, 7) is 2.73. The summed E-state index contributed by atoms with van der Waals surface area (Å²) in [7, 11) is 3.10. The highest BCUT2D eigenvalue weighted by atomic mass is 19.3. The van der Waals surface area contributed by atoms with Gasteiger partial charge in [0.2, 0.25) is 6.43 Å². The minimum absolute atomic E-state index is 0.344. The van der Waals surface area contributed by atoms with Crippen LogP contribution in [0.4, 0.5) is 8.78 Å². The second-order valence-electron chi connectivity index (χ2n) is 4.47. The number of ether oxygens (including phenoxy) is 1. The first-order chi connectivity index (χ1) is 7.47. The number of nitrogens with zero attached hydrogens (tertiary/aromatic N) is 1. The highest BCUT2D eigenvalue weighted by Gasteiger charge is 2.51. The molecule has 0 saturated carbocycles. The lowest BCUT2D eigenvalue weighted by Gasteiger charge is -2.44. The molecule has 0 spiro atoms. The lowest BCUT2D eigenvalue weighted by atomic mass is 9.69. The summed E-state index contributed by atoms with van der Waals surface area (Å²) < 4.78 is 30.7. The Balaban J connectivity index is 3.02. The molecule has 1 aliphatic rings. The quantitative estimate of drug-likeness (QED) is 0.698. The number of piperidine rings is 1. The number of carbonyl (C=O) groups is 1. The number of methoxy groups -OCH3 is 1. The van der Waals surface area contributed by atoms with E-state index in [9.17, 15) is 13.6 Å². The fraction of sp³-hybridized carbons (Fsp3) is 0.909. The molecule has 3 nitrogen and oxygen atoms in total. The van der Waals surface area contributed by atoms with Gasteiger partial charge in [-0.15, -0.1) is 0 Å². The van der Waals surface area contributed by atoms with E-state index in [0.717, 1.165) is 0 Å². The lowest BCUT2D eigenvalue weighted by molar-refractivity contribution is -0.168. The Bertz CT molecular complexity index is 260. The molecule has 5 heteroatoms. The van der Waals surface area contributed by atoms with Crippen molar-refractivity contribution in [2.75, 3.05) is 27.2 Å². The van der Waals surface area contributed by atoms with Crippen molar-refractivity contribution in [3.63, 3.8) is 0 Å². The second kappa shape index (κ2) is 5.08. The van der Waals surface area contributed by atoms with Gasteiger partial charge in [-0.3, -0.25) is 4.79 Å². The van der Waals surface area contributed by atoms with E-state index in [2.05, 4.69) is 0 Å². The first kappa shape index (κ1) is 13.4. The Morgan fingerprint density at radius 2 is 2.25 bits per heavy atom. The minimum Gasteiger partial charge on any atom is -0.469 e. The molecule has 1 saturated heterocycles. The van der Waals surface area contributed by atoms with Crippen molar-refractivity contribution in [1.82, 2.24) is 4.90 Å². The Morgan fingerprint density at radius 1 is 1.62 bits per heavy atom. The number of hydrogen-bond donors (Lipinski definition) is 0. The van der Waals surface area contributed by atoms with Crippen LogP contribution in [0.2, 0.25) is 0 Å². The molecule has 0 bridgehead atoms. The van der Waals surface area contributed by atoms with Gasteiger partial charge in [0.05, 0.1) is 12.5 Å². The summed E-state index contributed by atoms with van der Waals surface area (Å²) in [4.78, 5) is 13.7. The topological polar surface area (TPSA) is 29.5 Å². The van der Waals surface area contributed by atoms with Gasteiger partial charge in [-0.2, -0.15) is 0 Å². The number of rotatable bonds is 3. The minimum atomic E-state index is -2.47. The molecule has 0 N–H and O–H groups in total. The van der Waals surface area contributed by atoms with Crippen molar-refractivity contribution in [3.05, 3.63) is 0 Å². The molecule has 0 aromatic heterocycles. The summed E-state index contributed by atoms with van der Waals surface area (Å²) in [5, 5.41) is 0. The number of likely N-dealkylation sites (tertiary alicyclic amines) is 1. The van der Waals surface area contributed by atoms with Crippen LogP contribution in [0, 0.1) is 11.3 Å². The summed E-state index contributed by atoms with van der Waals surface area (Å²) in [6, 6.07) is 0. The Morgan fingerprint density at radius 3 is 2.69 bits per heavy atom. The van der Waals surface area contributed by atoms with Crippen molar-refractivity contribution >= 4 is 5.97 Å². The van der Waals surface area contributed by atoms with Gasteiger partial charge in [-0.1, -0.05) is 6.92 Å². The van der Waals surface area contributed by atoms with Gasteiger partial charge >= 0.3 is 5.97 Å². The fourth-order valence-corrected chi connectivity index (χ4v) is 2.62. The van der Waals surface area contributed by atoms with E-state index >= 15 is 0 Å². The maximum atomic E-state index is 13.0. The summed E-state index contributed by atoms with van der Waals surface area (Å²) in [5.41, 5.74) is -1.05. The molecule has 0 aromatic rings. The number of carbonyl (C=O) groups excluding carboxylic acids is 1. The van der Waals surface area contributed by atoms with E-state index in [1.165, 1.54) is 7.11 Å². The zero-order chi connectivity index (χ0) is 12.3. The largest absolute Gasteiger partial charge is 0.469 e. The third-order valence-electron chi connectivity index (χ3n) is 3.61. The predicted molar refractivity (Wildman–Crippen MR) is 56.3 cm³/mol. The molecule has 2 atom stereocenters. The van der Waals surface area contributed by atoms with Crippen molar-refractivity contribution in [2.45, 2.75) is 26.2 Å². The smallest absolute Gasteiger partial charge is 0.313 e.